The number of nitrogens with zero attached hydrogens (tertiary/aromatic N) is 1. The Labute approximate surface area is 104 Å². The highest BCUT2D eigenvalue weighted by Crippen LogP contribution is 2.29. The number of benzene rings is 1. The normalized spacial score (nSPS) is 12.9. The molecule has 2 rings (SSSR count). The Morgan fingerprint density at radius 1 is 1.53 bits per heavy atom. The summed E-state index contributed by atoms with van der Waals surface area (Å²) in [6.45, 7) is 0. The number of aromatic nitrogens is 1. The van der Waals surface area contributed by atoms with Gasteiger partial charge in [-0.1, -0.05) is 29.8 Å². The number of carbonyl (C=O) groups is 1. The molecule has 0 spiro atoms. The van der Waals surface area contributed by atoms with Gasteiger partial charge < -0.3 is 15.4 Å². The number of rotatable bonds is 3. The van der Waals surface area contributed by atoms with Gasteiger partial charge in [-0.3, -0.25) is 4.79 Å². The molecular weight excluding hydrogens is 240 g/mol. The molecule has 0 saturated heterocycles. The van der Waals surface area contributed by atoms with Crippen LogP contribution in [0.5, 0.6) is 0 Å². The average molecular weight is 253 g/mol. The third-order valence-electron chi connectivity index (χ3n) is 2.88. The lowest BCUT2D eigenvalue weighted by Crippen LogP contribution is -2.32. The molecule has 4 nitrogen and oxygen atoms in total. The van der Waals surface area contributed by atoms with E-state index < -0.39 is 12.0 Å². The van der Waals surface area contributed by atoms with Crippen LogP contribution in [0.1, 0.15) is 5.56 Å². The molecule has 0 bridgehead atoms. The second kappa shape index (κ2) is 4.39. The molecule has 3 N–H and O–H groups in total. The Morgan fingerprint density at radius 2 is 2.18 bits per heavy atom. The van der Waals surface area contributed by atoms with Crippen molar-refractivity contribution in [3.63, 3.8) is 0 Å². The Hall–Kier alpha value is -1.52. The first kappa shape index (κ1) is 12.0. The van der Waals surface area contributed by atoms with Crippen LogP contribution >= 0.6 is 11.6 Å². The number of halogens is 1. The van der Waals surface area contributed by atoms with E-state index in [-0.39, 0.29) is 6.42 Å². The van der Waals surface area contributed by atoms with E-state index in [9.17, 15) is 4.79 Å². The topological polar surface area (TPSA) is 68.2 Å². The molecule has 0 aliphatic heterocycles. The van der Waals surface area contributed by atoms with Gasteiger partial charge in [-0.25, -0.2) is 0 Å². The number of aryl methyl sites for hydroxylation is 1. The molecule has 90 valence electrons. The monoisotopic (exact) mass is 252 g/mol. The third kappa shape index (κ3) is 2.01. The van der Waals surface area contributed by atoms with Crippen LogP contribution in [0.2, 0.25) is 5.15 Å². The summed E-state index contributed by atoms with van der Waals surface area (Å²) in [4.78, 5) is 10.8. The molecule has 1 heterocycles. The first-order valence-corrected chi connectivity index (χ1v) is 5.60. The van der Waals surface area contributed by atoms with Crippen molar-refractivity contribution in [1.82, 2.24) is 4.57 Å². The number of hydrogen-bond acceptors (Lipinski definition) is 2. The Bertz CT molecular complexity index is 577. The van der Waals surface area contributed by atoms with Gasteiger partial charge in [-0.05, 0) is 11.6 Å². The van der Waals surface area contributed by atoms with Crippen LogP contribution in [-0.4, -0.2) is 21.7 Å². The number of carboxylic acid groups (broad SMARTS) is 1. The van der Waals surface area contributed by atoms with Gasteiger partial charge in [-0.15, -0.1) is 0 Å². The highest BCUT2D eigenvalue weighted by Gasteiger charge is 2.19. The fourth-order valence-corrected chi connectivity index (χ4v) is 2.21. The average Bonchev–Trinajstić information content (AvgIpc) is 2.55. The minimum Gasteiger partial charge on any atom is -0.480 e. The molecule has 1 unspecified atom stereocenters. The highest BCUT2D eigenvalue weighted by molar-refractivity contribution is 6.32. The lowest BCUT2D eigenvalue weighted by Gasteiger charge is -2.05. The number of hydrogen-bond donors (Lipinski definition) is 2. The first-order valence-electron chi connectivity index (χ1n) is 5.22. The van der Waals surface area contributed by atoms with Crippen molar-refractivity contribution in [2.45, 2.75) is 12.5 Å². The molecule has 5 heteroatoms. The summed E-state index contributed by atoms with van der Waals surface area (Å²) >= 11 is 6.20. The lowest BCUT2D eigenvalue weighted by atomic mass is 10.1. The van der Waals surface area contributed by atoms with E-state index in [2.05, 4.69) is 0 Å². The molecule has 1 atom stereocenters. The summed E-state index contributed by atoms with van der Waals surface area (Å²) in [5, 5.41) is 10.3. The van der Waals surface area contributed by atoms with Crippen molar-refractivity contribution in [1.29, 1.82) is 0 Å². The smallest absolute Gasteiger partial charge is 0.320 e. The molecule has 0 amide bonds. The maximum absolute atomic E-state index is 10.8. The molecule has 0 fully saturated rings. The highest BCUT2D eigenvalue weighted by atomic mass is 35.5. The Kier molecular flexibility index (Phi) is 3.09. The van der Waals surface area contributed by atoms with Crippen LogP contribution in [0.3, 0.4) is 0 Å². The number of nitrogens with two attached hydrogens (primary N) is 1. The lowest BCUT2D eigenvalue weighted by molar-refractivity contribution is -0.138. The molecule has 0 radical (unpaired) electrons. The van der Waals surface area contributed by atoms with E-state index in [1.807, 2.05) is 35.9 Å². The van der Waals surface area contributed by atoms with E-state index in [4.69, 9.17) is 22.4 Å². The third-order valence-corrected chi connectivity index (χ3v) is 3.36. The summed E-state index contributed by atoms with van der Waals surface area (Å²) in [6.07, 6.45) is 0.232. The van der Waals surface area contributed by atoms with Crippen LogP contribution < -0.4 is 5.73 Å². The van der Waals surface area contributed by atoms with Crippen molar-refractivity contribution in [3.8, 4) is 0 Å². The van der Waals surface area contributed by atoms with Gasteiger partial charge >= 0.3 is 5.97 Å². The van der Waals surface area contributed by atoms with Gasteiger partial charge in [0.05, 0.1) is 0 Å². The van der Waals surface area contributed by atoms with Gasteiger partial charge in [0.25, 0.3) is 0 Å². The van der Waals surface area contributed by atoms with Crippen molar-refractivity contribution in [2.75, 3.05) is 0 Å². The molecule has 1 aromatic heterocycles. The van der Waals surface area contributed by atoms with Crippen molar-refractivity contribution in [2.24, 2.45) is 12.8 Å². The maximum Gasteiger partial charge on any atom is 0.320 e. The summed E-state index contributed by atoms with van der Waals surface area (Å²) in [6, 6.07) is 6.74. The Balaban J connectivity index is 2.53. The van der Waals surface area contributed by atoms with Crippen LogP contribution in [-0.2, 0) is 18.3 Å². The van der Waals surface area contributed by atoms with E-state index in [1.54, 1.807) is 0 Å². The van der Waals surface area contributed by atoms with Crippen LogP contribution in [0, 0.1) is 0 Å². The number of aliphatic carboxylic acids is 1. The van der Waals surface area contributed by atoms with Gasteiger partial charge in [0.2, 0.25) is 0 Å². The predicted octanol–water partition coefficient (Wildman–Crippen LogP) is 1.79. The minimum absolute atomic E-state index is 0.232. The zero-order valence-electron chi connectivity index (χ0n) is 9.35. The Morgan fingerprint density at radius 3 is 2.82 bits per heavy atom. The summed E-state index contributed by atoms with van der Waals surface area (Å²) in [5.41, 5.74) is 7.32. The van der Waals surface area contributed by atoms with E-state index in [0.717, 1.165) is 16.5 Å². The summed E-state index contributed by atoms with van der Waals surface area (Å²) in [5.74, 6) is -1.02. The minimum atomic E-state index is -1.02. The molecular formula is C12H13ClN2O2. The quantitative estimate of drug-likeness (QED) is 0.875. The number of para-hydroxylation sites is 1. The zero-order valence-corrected chi connectivity index (χ0v) is 10.1. The second-order valence-corrected chi connectivity index (χ2v) is 4.35. The van der Waals surface area contributed by atoms with E-state index >= 15 is 0 Å². The van der Waals surface area contributed by atoms with Crippen molar-refractivity contribution >= 4 is 28.5 Å². The van der Waals surface area contributed by atoms with Crippen molar-refractivity contribution in [3.05, 3.63) is 35.0 Å². The number of carboxylic acids is 1. The fourth-order valence-electron chi connectivity index (χ4n) is 1.94. The summed E-state index contributed by atoms with van der Waals surface area (Å²) < 4.78 is 1.83. The first-order chi connectivity index (χ1) is 8.02. The fraction of sp³-hybridized carbons (Fsp3) is 0.250. The van der Waals surface area contributed by atoms with Gasteiger partial charge in [-0.2, -0.15) is 0 Å². The van der Waals surface area contributed by atoms with E-state index in [0.29, 0.717) is 5.15 Å². The summed E-state index contributed by atoms with van der Waals surface area (Å²) in [7, 11) is 1.85. The van der Waals surface area contributed by atoms with Gasteiger partial charge in [0, 0.05) is 24.4 Å². The standard InChI is InChI=1S/C12H13ClN2O2/c1-15-10-5-3-2-4-7(10)8(11(15)13)6-9(14)12(16)17/h2-5,9H,6,14H2,1H3,(H,16,17). The largest absolute Gasteiger partial charge is 0.480 e. The maximum atomic E-state index is 10.8. The van der Waals surface area contributed by atoms with Crippen LogP contribution in [0.4, 0.5) is 0 Å². The molecule has 17 heavy (non-hydrogen) atoms. The zero-order chi connectivity index (χ0) is 12.6. The van der Waals surface area contributed by atoms with Crippen molar-refractivity contribution < 1.29 is 9.90 Å². The van der Waals surface area contributed by atoms with Gasteiger partial charge in [0.1, 0.15) is 11.2 Å². The molecule has 0 aliphatic carbocycles. The second-order valence-electron chi connectivity index (χ2n) is 3.99. The van der Waals surface area contributed by atoms with E-state index in [1.165, 1.54) is 0 Å². The van der Waals surface area contributed by atoms with Crippen LogP contribution in [0.15, 0.2) is 24.3 Å². The predicted molar refractivity (Wildman–Crippen MR) is 67.2 cm³/mol. The molecule has 2 aromatic rings. The molecule has 1 aromatic carbocycles. The molecule has 0 saturated carbocycles. The van der Waals surface area contributed by atoms with Crippen LogP contribution in [0.25, 0.3) is 10.9 Å². The molecule has 0 aliphatic rings. The van der Waals surface area contributed by atoms with Gasteiger partial charge in [0.15, 0.2) is 0 Å². The SMILES string of the molecule is Cn1c(Cl)c(CC(N)C(=O)O)c2ccccc21. The number of fused-ring (bicyclic) bond motifs is 1.